The number of unbranched alkanes of at least 4 members (excludes halogenated alkanes) is 1. The molecule has 0 saturated carbocycles. The van der Waals surface area contributed by atoms with E-state index in [2.05, 4.69) is 40.3 Å². The van der Waals surface area contributed by atoms with E-state index in [1.54, 1.807) is 43.3 Å². The summed E-state index contributed by atoms with van der Waals surface area (Å²) < 4.78 is 10.4. The van der Waals surface area contributed by atoms with E-state index in [0.717, 1.165) is 12.8 Å². The van der Waals surface area contributed by atoms with Gasteiger partial charge in [-0.05, 0) is 37.6 Å². The number of anilines is 1. The summed E-state index contributed by atoms with van der Waals surface area (Å²) in [5.41, 5.74) is 1.88. The van der Waals surface area contributed by atoms with Crippen LogP contribution >= 0.6 is 11.6 Å². The zero-order valence-electron chi connectivity index (χ0n) is 20.4. The van der Waals surface area contributed by atoms with E-state index >= 15 is 0 Å². The number of methoxy groups -OCH3 is 1. The third-order valence-corrected chi connectivity index (χ3v) is 5.24. The maximum absolute atomic E-state index is 12.3. The van der Waals surface area contributed by atoms with Crippen molar-refractivity contribution in [3.05, 3.63) is 69.7 Å². The zero-order valence-corrected chi connectivity index (χ0v) is 21.2. The molecule has 0 aliphatic carbocycles. The number of para-hydroxylation sites is 2. The topological polar surface area (TPSA) is 156 Å². The molecule has 0 aliphatic rings. The number of hydrogen-bond donors (Lipinski definition) is 3. The highest BCUT2D eigenvalue weighted by Crippen LogP contribution is 2.25. The van der Waals surface area contributed by atoms with E-state index in [0.29, 0.717) is 34.0 Å². The number of hydrogen-bond acceptors (Lipinski definition) is 8. The third kappa shape index (κ3) is 7.04. The van der Waals surface area contributed by atoms with Crippen molar-refractivity contribution in [2.24, 2.45) is 10.2 Å². The van der Waals surface area contributed by atoms with Crippen LogP contribution in [0.4, 0.5) is 26.9 Å². The van der Waals surface area contributed by atoms with E-state index in [1.165, 1.54) is 11.7 Å². The van der Waals surface area contributed by atoms with Gasteiger partial charge in [0.15, 0.2) is 5.69 Å². The SMILES string of the molecule is CCCCNC(=O)n1c(NC(=O)OC)nc2ccccc21.Cc1[nH]oc(=O)c1N=Nc1ccccc1Cl. The van der Waals surface area contributed by atoms with Crippen LogP contribution in [0.15, 0.2) is 68.1 Å². The number of azo groups is 1. The second-order valence-electron chi connectivity index (χ2n) is 7.58. The maximum Gasteiger partial charge on any atom is 0.413 e. The largest absolute Gasteiger partial charge is 0.453 e. The van der Waals surface area contributed by atoms with E-state index in [9.17, 15) is 14.4 Å². The molecule has 13 heteroatoms. The van der Waals surface area contributed by atoms with Crippen LogP contribution in [-0.4, -0.2) is 40.5 Å². The van der Waals surface area contributed by atoms with Crippen LogP contribution in [0, 0.1) is 6.92 Å². The first kappa shape index (κ1) is 27.1. The minimum atomic E-state index is -0.673. The molecule has 0 aliphatic heterocycles. The summed E-state index contributed by atoms with van der Waals surface area (Å²) in [6.07, 6.45) is 1.20. The zero-order chi connectivity index (χ0) is 26.8. The first-order valence-corrected chi connectivity index (χ1v) is 11.7. The van der Waals surface area contributed by atoms with Crippen molar-refractivity contribution in [3.63, 3.8) is 0 Å². The summed E-state index contributed by atoms with van der Waals surface area (Å²) in [7, 11) is 1.25. The number of carbonyl (C=O) groups excluding carboxylic acids is 2. The average molecular weight is 528 g/mol. The Labute approximate surface area is 216 Å². The Morgan fingerprint density at radius 1 is 1.16 bits per heavy atom. The van der Waals surface area contributed by atoms with Crippen molar-refractivity contribution >= 4 is 52.1 Å². The lowest BCUT2D eigenvalue weighted by atomic mass is 10.3. The maximum atomic E-state index is 12.3. The Hall–Kier alpha value is -4.45. The van der Waals surface area contributed by atoms with Gasteiger partial charge >= 0.3 is 17.7 Å². The summed E-state index contributed by atoms with van der Waals surface area (Å²) in [6.45, 7) is 4.29. The molecule has 0 bridgehead atoms. The van der Waals surface area contributed by atoms with Gasteiger partial charge in [-0.2, -0.15) is 0 Å². The molecule has 0 fully saturated rings. The minimum absolute atomic E-state index is 0.136. The molecule has 2 aromatic carbocycles. The van der Waals surface area contributed by atoms with Gasteiger partial charge in [-0.15, -0.1) is 10.2 Å². The molecule has 37 heavy (non-hydrogen) atoms. The number of fused-ring (bicyclic) bond motifs is 1. The number of carbonyl (C=O) groups is 2. The minimum Gasteiger partial charge on any atom is -0.453 e. The summed E-state index contributed by atoms with van der Waals surface area (Å²) in [5.74, 6) is 0.136. The molecule has 0 spiro atoms. The van der Waals surface area contributed by atoms with E-state index < -0.39 is 11.7 Å². The fourth-order valence-corrected chi connectivity index (χ4v) is 3.21. The molecule has 0 atom stereocenters. The number of nitrogens with one attached hydrogen (secondary N) is 3. The average Bonchev–Trinajstić information content (AvgIpc) is 3.42. The molecule has 4 aromatic rings. The molecule has 0 radical (unpaired) electrons. The third-order valence-electron chi connectivity index (χ3n) is 4.93. The standard InChI is InChI=1S/C14H18N4O3.C10H8ClN3O2/c1-3-4-9-15-13(19)18-11-8-6-5-7-10(11)16-12(18)17-14(20)21-2;1-6-9(10(15)16-14-6)13-12-8-5-3-2-4-7(8)11/h5-8H,3-4,9H2,1-2H3,(H,15,19)(H,16,17,20);2-5,14H,1H3. The fraction of sp³-hybridized carbons (Fsp3) is 0.250. The van der Waals surface area contributed by atoms with E-state index in [-0.39, 0.29) is 17.7 Å². The fourth-order valence-electron chi connectivity index (χ4n) is 3.03. The second-order valence-corrected chi connectivity index (χ2v) is 7.99. The normalized spacial score (nSPS) is 10.7. The first-order valence-electron chi connectivity index (χ1n) is 11.3. The van der Waals surface area contributed by atoms with Crippen LogP contribution < -0.4 is 16.3 Å². The molecule has 3 N–H and O–H groups in total. The Bertz CT molecular complexity index is 1460. The van der Waals surface area contributed by atoms with Crippen LogP contribution in [0.25, 0.3) is 11.0 Å². The molecule has 0 unspecified atom stereocenters. The highest BCUT2D eigenvalue weighted by Gasteiger charge is 2.18. The van der Waals surface area contributed by atoms with Gasteiger partial charge in [-0.3, -0.25) is 5.32 Å². The van der Waals surface area contributed by atoms with Crippen molar-refractivity contribution in [2.45, 2.75) is 26.7 Å². The molecule has 0 saturated heterocycles. The first-order chi connectivity index (χ1) is 17.8. The number of H-pyrrole nitrogens is 1. The Morgan fingerprint density at radius 2 is 1.89 bits per heavy atom. The molecule has 194 valence electrons. The number of halogens is 1. The number of aryl methyl sites for hydroxylation is 1. The number of imidazole rings is 1. The monoisotopic (exact) mass is 527 g/mol. The summed E-state index contributed by atoms with van der Waals surface area (Å²) in [4.78, 5) is 39.1. The van der Waals surface area contributed by atoms with Gasteiger partial charge in [-0.25, -0.2) is 29.1 Å². The number of aromatic amines is 1. The number of benzene rings is 2. The lowest BCUT2D eigenvalue weighted by molar-refractivity contribution is 0.186. The van der Waals surface area contributed by atoms with Crippen LogP contribution in [0.2, 0.25) is 5.02 Å². The van der Waals surface area contributed by atoms with Crippen LogP contribution in [0.5, 0.6) is 0 Å². The lowest BCUT2D eigenvalue weighted by Crippen LogP contribution is -2.31. The van der Waals surface area contributed by atoms with Crippen molar-refractivity contribution in [3.8, 4) is 0 Å². The van der Waals surface area contributed by atoms with Crippen molar-refractivity contribution in [1.29, 1.82) is 0 Å². The predicted molar refractivity (Wildman–Crippen MR) is 139 cm³/mol. The molecular formula is C24H26ClN7O5. The highest BCUT2D eigenvalue weighted by atomic mass is 35.5. The molecule has 2 aromatic heterocycles. The Morgan fingerprint density at radius 3 is 2.57 bits per heavy atom. The van der Waals surface area contributed by atoms with Crippen LogP contribution in [-0.2, 0) is 4.74 Å². The van der Waals surface area contributed by atoms with Gasteiger partial charge in [-0.1, -0.05) is 49.2 Å². The Kier molecular flexibility index (Phi) is 9.55. The quantitative estimate of drug-likeness (QED) is 0.209. The lowest BCUT2D eigenvalue weighted by Gasteiger charge is -2.09. The number of ether oxygens (including phenoxy) is 1. The van der Waals surface area contributed by atoms with Crippen molar-refractivity contribution in [2.75, 3.05) is 19.0 Å². The van der Waals surface area contributed by atoms with Gasteiger partial charge in [0.2, 0.25) is 5.95 Å². The summed E-state index contributed by atoms with van der Waals surface area (Å²) >= 11 is 5.88. The van der Waals surface area contributed by atoms with Gasteiger partial charge in [0.1, 0.15) is 5.69 Å². The second kappa shape index (κ2) is 13.0. The number of rotatable bonds is 6. The Balaban J connectivity index is 0.000000213. The van der Waals surface area contributed by atoms with E-state index in [1.807, 2.05) is 19.1 Å². The van der Waals surface area contributed by atoms with Crippen LogP contribution in [0.3, 0.4) is 0 Å². The van der Waals surface area contributed by atoms with Gasteiger partial charge in [0.25, 0.3) is 0 Å². The highest BCUT2D eigenvalue weighted by molar-refractivity contribution is 6.32. The van der Waals surface area contributed by atoms with Crippen molar-refractivity contribution in [1.82, 2.24) is 20.0 Å². The summed E-state index contributed by atoms with van der Waals surface area (Å²) in [5, 5.41) is 15.8. The smallest absolute Gasteiger partial charge is 0.413 e. The molecule has 2 amide bonds. The van der Waals surface area contributed by atoms with Gasteiger partial charge in [0, 0.05) is 6.54 Å². The van der Waals surface area contributed by atoms with E-state index in [4.69, 9.17) is 11.6 Å². The van der Waals surface area contributed by atoms with Gasteiger partial charge in [0.05, 0.1) is 28.9 Å². The van der Waals surface area contributed by atoms with Crippen molar-refractivity contribution < 1.29 is 18.8 Å². The summed E-state index contributed by atoms with van der Waals surface area (Å²) in [6, 6.07) is 13.8. The molecule has 12 nitrogen and oxygen atoms in total. The molecular weight excluding hydrogens is 502 g/mol. The molecule has 2 heterocycles. The number of aromatic nitrogens is 3. The predicted octanol–water partition coefficient (Wildman–Crippen LogP) is 5.92. The van der Waals surface area contributed by atoms with Crippen LogP contribution in [0.1, 0.15) is 25.5 Å². The number of amides is 2. The molecule has 4 rings (SSSR count). The number of nitrogens with zero attached hydrogens (tertiary/aromatic N) is 4. The van der Waals surface area contributed by atoms with Gasteiger partial charge < -0.3 is 14.6 Å².